The van der Waals surface area contributed by atoms with E-state index >= 15 is 0 Å². The van der Waals surface area contributed by atoms with Crippen LogP contribution in [0.3, 0.4) is 0 Å². The van der Waals surface area contributed by atoms with Crippen molar-refractivity contribution < 1.29 is 0 Å². The molecule has 1 fully saturated rings. The standard InChI is InChI=1S/C9H15N3/c1-6(2)9-11-8(10)5-12(9)7-3-4-7/h5-7H,3-4,10H2,1-2H3. The molecule has 0 amide bonds. The van der Waals surface area contributed by atoms with Crippen molar-refractivity contribution in [2.45, 2.75) is 38.6 Å². The predicted molar refractivity (Wildman–Crippen MR) is 49.0 cm³/mol. The van der Waals surface area contributed by atoms with Gasteiger partial charge in [0.2, 0.25) is 0 Å². The van der Waals surface area contributed by atoms with Gasteiger partial charge < -0.3 is 10.3 Å². The normalized spacial score (nSPS) is 17.2. The molecule has 3 heteroatoms. The maximum absolute atomic E-state index is 5.65. The second kappa shape index (κ2) is 2.51. The average molecular weight is 165 g/mol. The van der Waals surface area contributed by atoms with E-state index in [0.717, 1.165) is 5.82 Å². The molecule has 0 spiro atoms. The lowest BCUT2D eigenvalue weighted by Gasteiger charge is -2.07. The second-order valence-electron chi connectivity index (χ2n) is 3.82. The van der Waals surface area contributed by atoms with Crippen LogP contribution in [0, 0.1) is 0 Å². The molecule has 3 nitrogen and oxygen atoms in total. The van der Waals surface area contributed by atoms with E-state index in [4.69, 9.17) is 5.73 Å². The number of nitrogens with two attached hydrogens (primary N) is 1. The second-order valence-corrected chi connectivity index (χ2v) is 3.82. The van der Waals surface area contributed by atoms with Crippen molar-refractivity contribution in [2.24, 2.45) is 0 Å². The molecule has 2 rings (SSSR count). The summed E-state index contributed by atoms with van der Waals surface area (Å²) in [6.07, 6.45) is 4.54. The van der Waals surface area contributed by atoms with E-state index in [1.165, 1.54) is 12.8 Å². The summed E-state index contributed by atoms with van der Waals surface area (Å²) in [7, 11) is 0. The lowest BCUT2D eigenvalue weighted by Crippen LogP contribution is -2.01. The minimum absolute atomic E-state index is 0.475. The van der Waals surface area contributed by atoms with Gasteiger partial charge in [-0.15, -0.1) is 0 Å². The van der Waals surface area contributed by atoms with Crippen LogP contribution < -0.4 is 5.73 Å². The molecule has 0 radical (unpaired) electrons. The Balaban J connectivity index is 2.36. The minimum atomic E-state index is 0.475. The van der Waals surface area contributed by atoms with Crippen molar-refractivity contribution in [3.05, 3.63) is 12.0 Å². The number of nitrogens with zero attached hydrogens (tertiary/aromatic N) is 2. The molecule has 0 aliphatic heterocycles. The number of hydrogen-bond acceptors (Lipinski definition) is 2. The van der Waals surface area contributed by atoms with E-state index in [1.54, 1.807) is 0 Å². The molecule has 0 aromatic carbocycles. The van der Waals surface area contributed by atoms with Crippen LogP contribution in [-0.2, 0) is 0 Å². The van der Waals surface area contributed by atoms with Crippen LogP contribution in [0.4, 0.5) is 5.82 Å². The summed E-state index contributed by atoms with van der Waals surface area (Å²) in [5.74, 6) is 2.27. The van der Waals surface area contributed by atoms with E-state index in [1.807, 2.05) is 6.20 Å². The van der Waals surface area contributed by atoms with Gasteiger partial charge in [-0.25, -0.2) is 4.98 Å². The van der Waals surface area contributed by atoms with E-state index in [0.29, 0.717) is 17.8 Å². The fraction of sp³-hybridized carbons (Fsp3) is 0.667. The third-order valence-corrected chi connectivity index (χ3v) is 2.24. The van der Waals surface area contributed by atoms with Crippen LogP contribution in [0.2, 0.25) is 0 Å². The Bertz CT molecular complexity index is 264. The van der Waals surface area contributed by atoms with E-state index in [2.05, 4.69) is 23.4 Å². The van der Waals surface area contributed by atoms with Gasteiger partial charge in [-0.3, -0.25) is 0 Å². The highest BCUT2D eigenvalue weighted by Gasteiger charge is 2.26. The van der Waals surface area contributed by atoms with Crippen molar-refractivity contribution in [1.29, 1.82) is 0 Å². The largest absolute Gasteiger partial charge is 0.382 e. The molecule has 0 bridgehead atoms. The Labute approximate surface area is 72.6 Å². The molecular weight excluding hydrogens is 150 g/mol. The van der Waals surface area contributed by atoms with Gasteiger partial charge in [0, 0.05) is 18.2 Å². The topological polar surface area (TPSA) is 43.8 Å². The Kier molecular flexibility index (Phi) is 1.60. The van der Waals surface area contributed by atoms with Crippen LogP contribution in [0.5, 0.6) is 0 Å². The molecule has 0 atom stereocenters. The molecule has 2 N–H and O–H groups in total. The molecule has 66 valence electrons. The van der Waals surface area contributed by atoms with Gasteiger partial charge >= 0.3 is 0 Å². The van der Waals surface area contributed by atoms with E-state index < -0.39 is 0 Å². The van der Waals surface area contributed by atoms with Crippen LogP contribution >= 0.6 is 0 Å². The third kappa shape index (κ3) is 1.19. The lowest BCUT2D eigenvalue weighted by atomic mass is 10.2. The van der Waals surface area contributed by atoms with Gasteiger partial charge in [0.25, 0.3) is 0 Å². The first kappa shape index (κ1) is 7.65. The molecule has 1 aliphatic rings. The highest BCUT2D eigenvalue weighted by atomic mass is 15.1. The molecule has 1 aromatic heterocycles. The number of aromatic nitrogens is 2. The monoisotopic (exact) mass is 165 g/mol. The van der Waals surface area contributed by atoms with Crippen molar-refractivity contribution in [3.8, 4) is 0 Å². The Hall–Kier alpha value is -0.990. The molecule has 1 aromatic rings. The summed E-state index contributed by atoms with van der Waals surface area (Å²) in [6.45, 7) is 4.31. The molecule has 0 unspecified atom stereocenters. The molecule has 1 aliphatic carbocycles. The minimum Gasteiger partial charge on any atom is -0.382 e. The van der Waals surface area contributed by atoms with Gasteiger partial charge in [-0.2, -0.15) is 0 Å². The van der Waals surface area contributed by atoms with Gasteiger partial charge in [-0.1, -0.05) is 13.8 Å². The fourth-order valence-electron chi connectivity index (χ4n) is 1.50. The molecule has 1 saturated carbocycles. The highest BCUT2D eigenvalue weighted by Crippen LogP contribution is 2.37. The molecule has 12 heavy (non-hydrogen) atoms. The maximum atomic E-state index is 5.65. The maximum Gasteiger partial charge on any atom is 0.141 e. The van der Waals surface area contributed by atoms with Crippen molar-refractivity contribution in [2.75, 3.05) is 5.73 Å². The van der Waals surface area contributed by atoms with Gasteiger partial charge in [0.05, 0.1) is 0 Å². The van der Waals surface area contributed by atoms with Crippen LogP contribution in [0.1, 0.15) is 44.5 Å². The zero-order valence-corrected chi connectivity index (χ0v) is 7.62. The molecule has 1 heterocycles. The Morgan fingerprint density at radius 2 is 2.25 bits per heavy atom. The fourth-order valence-corrected chi connectivity index (χ4v) is 1.50. The van der Waals surface area contributed by atoms with Crippen LogP contribution in [0.25, 0.3) is 0 Å². The Morgan fingerprint density at radius 3 is 2.75 bits per heavy atom. The van der Waals surface area contributed by atoms with E-state index in [9.17, 15) is 0 Å². The van der Waals surface area contributed by atoms with Crippen molar-refractivity contribution >= 4 is 5.82 Å². The summed E-state index contributed by atoms with van der Waals surface area (Å²) >= 11 is 0. The van der Waals surface area contributed by atoms with Gasteiger partial charge in [0.15, 0.2) is 0 Å². The predicted octanol–water partition coefficient (Wildman–Crippen LogP) is 1.92. The van der Waals surface area contributed by atoms with Gasteiger partial charge in [-0.05, 0) is 12.8 Å². The average Bonchev–Trinajstić information content (AvgIpc) is 2.75. The van der Waals surface area contributed by atoms with Crippen molar-refractivity contribution in [3.63, 3.8) is 0 Å². The number of rotatable bonds is 2. The number of hydrogen-bond donors (Lipinski definition) is 1. The van der Waals surface area contributed by atoms with Crippen molar-refractivity contribution in [1.82, 2.24) is 9.55 Å². The van der Waals surface area contributed by atoms with Crippen LogP contribution in [-0.4, -0.2) is 9.55 Å². The first-order chi connectivity index (χ1) is 5.68. The summed E-state index contributed by atoms with van der Waals surface area (Å²) in [6, 6.07) is 0.687. The summed E-state index contributed by atoms with van der Waals surface area (Å²) < 4.78 is 2.24. The highest BCUT2D eigenvalue weighted by molar-refractivity contribution is 5.28. The number of anilines is 1. The smallest absolute Gasteiger partial charge is 0.141 e. The first-order valence-corrected chi connectivity index (χ1v) is 4.52. The third-order valence-electron chi connectivity index (χ3n) is 2.24. The quantitative estimate of drug-likeness (QED) is 0.727. The summed E-state index contributed by atoms with van der Waals surface area (Å²) in [5.41, 5.74) is 5.65. The molecular formula is C9H15N3. The van der Waals surface area contributed by atoms with Gasteiger partial charge in [0.1, 0.15) is 11.6 Å². The lowest BCUT2D eigenvalue weighted by molar-refractivity contribution is 0.640. The summed E-state index contributed by atoms with van der Waals surface area (Å²) in [4.78, 5) is 4.31. The first-order valence-electron chi connectivity index (χ1n) is 4.52. The number of imidazole rings is 1. The summed E-state index contributed by atoms with van der Waals surface area (Å²) in [5, 5.41) is 0. The zero-order valence-electron chi connectivity index (χ0n) is 7.62. The number of nitrogen functional groups attached to an aromatic ring is 1. The Morgan fingerprint density at radius 1 is 1.58 bits per heavy atom. The zero-order chi connectivity index (χ0) is 8.72. The SMILES string of the molecule is CC(C)c1nc(N)cn1C1CC1. The van der Waals surface area contributed by atoms with Crippen LogP contribution in [0.15, 0.2) is 6.20 Å². The molecule has 0 saturated heterocycles. The van der Waals surface area contributed by atoms with E-state index in [-0.39, 0.29) is 0 Å².